The molecule has 0 unspecified atom stereocenters. The van der Waals surface area contributed by atoms with E-state index in [2.05, 4.69) is 15.2 Å². The van der Waals surface area contributed by atoms with E-state index in [1.54, 1.807) is 11.3 Å². The Morgan fingerprint density at radius 2 is 2.00 bits per heavy atom. The Kier molecular flexibility index (Phi) is 4.44. The third-order valence-corrected chi connectivity index (χ3v) is 4.16. The molecule has 0 saturated carbocycles. The molecule has 2 rings (SSSR count). The summed E-state index contributed by atoms with van der Waals surface area (Å²) in [6, 6.07) is 0. The number of hydrogen-bond donors (Lipinski definition) is 1. The van der Waals surface area contributed by atoms with Crippen molar-refractivity contribution in [3.05, 3.63) is 32.9 Å². The van der Waals surface area contributed by atoms with Crippen molar-refractivity contribution in [3.63, 3.8) is 0 Å². The number of nitrogens with zero attached hydrogens (tertiary/aromatic N) is 3. The molecule has 2 heterocycles. The average Bonchev–Trinajstić information content (AvgIpc) is 2.80. The van der Waals surface area contributed by atoms with Gasteiger partial charge in [-0.2, -0.15) is 5.10 Å². The quantitative estimate of drug-likeness (QED) is 0.904. The lowest BCUT2D eigenvalue weighted by Crippen LogP contribution is -2.11. The van der Waals surface area contributed by atoms with Gasteiger partial charge in [0, 0.05) is 23.4 Å². The second kappa shape index (κ2) is 6.08. The first-order valence-electron chi connectivity index (χ1n) is 6.18. The molecule has 0 fully saturated rings. The standard InChI is InChI=1S/C13H18N4OS/c1-8-9(2)16-17-13(11(8)6-14)18-5-4-12-10(3)15-7-19-12/h7H,4-6,14H2,1-3H3. The summed E-state index contributed by atoms with van der Waals surface area (Å²) in [7, 11) is 0. The van der Waals surface area contributed by atoms with Gasteiger partial charge >= 0.3 is 0 Å². The van der Waals surface area contributed by atoms with E-state index >= 15 is 0 Å². The smallest absolute Gasteiger partial charge is 0.238 e. The minimum atomic E-state index is 0.414. The predicted molar refractivity (Wildman–Crippen MR) is 75.4 cm³/mol. The highest BCUT2D eigenvalue weighted by Gasteiger charge is 2.11. The second-order valence-electron chi connectivity index (χ2n) is 4.36. The summed E-state index contributed by atoms with van der Waals surface area (Å²) in [6.07, 6.45) is 0.828. The lowest BCUT2D eigenvalue weighted by molar-refractivity contribution is 0.302. The van der Waals surface area contributed by atoms with Crippen LogP contribution in [0.3, 0.4) is 0 Å². The maximum absolute atomic E-state index is 5.76. The van der Waals surface area contributed by atoms with Crippen molar-refractivity contribution in [3.8, 4) is 5.88 Å². The van der Waals surface area contributed by atoms with E-state index in [1.165, 1.54) is 4.88 Å². The van der Waals surface area contributed by atoms with Gasteiger partial charge in [-0.1, -0.05) is 0 Å². The SMILES string of the molecule is Cc1ncsc1CCOc1nnc(C)c(C)c1CN. The van der Waals surface area contributed by atoms with Gasteiger partial charge in [-0.05, 0) is 26.3 Å². The molecule has 2 N–H and O–H groups in total. The van der Waals surface area contributed by atoms with Crippen molar-refractivity contribution in [1.29, 1.82) is 0 Å². The first-order valence-corrected chi connectivity index (χ1v) is 7.06. The van der Waals surface area contributed by atoms with Crippen molar-refractivity contribution in [2.45, 2.75) is 33.7 Å². The van der Waals surface area contributed by atoms with E-state index in [0.717, 1.165) is 28.9 Å². The van der Waals surface area contributed by atoms with Crippen LogP contribution in [0.1, 0.15) is 27.4 Å². The summed E-state index contributed by atoms with van der Waals surface area (Å²) in [5.41, 5.74) is 11.6. The number of nitrogens with two attached hydrogens (primary N) is 1. The molecular formula is C13H18N4OS. The first kappa shape index (κ1) is 13.9. The average molecular weight is 278 g/mol. The number of thiazole rings is 1. The Hall–Kier alpha value is -1.53. The number of ether oxygens (including phenoxy) is 1. The number of aryl methyl sites for hydroxylation is 2. The van der Waals surface area contributed by atoms with Crippen molar-refractivity contribution >= 4 is 11.3 Å². The molecule has 102 valence electrons. The molecular weight excluding hydrogens is 260 g/mol. The zero-order chi connectivity index (χ0) is 13.8. The summed E-state index contributed by atoms with van der Waals surface area (Å²) < 4.78 is 5.72. The van der Waals surface area contributed by atoms with Gasteiger partial charge in [0.15, 0.2) is 0 Å². The van der Waals surface area contributed by atoms with Gasteiger partial charge in [0.25, 0.3) is 0 Å². The van der Waals surface area contributed by atoms with Crippen LogP contribution in [0.5, 0.6) is 5.88 Å². The molecule has 0 aliphatic carbocycles. The molecule has 2 aromatic rings. The molecule has 0 bridgehead atoms. The highest BCUT2D eigenvalue weighted by molar-refractivity contribution is 7.09. The molecule has 0 spiro atoms. The van der Waals surface area contributed by atoms with Crippen LogP contribution in [0.4, 0.5) is 0 Å². The van der Waals surface area contributed by atoms with Crippen molar-refractivity contribution in [2.24, 2.45) is 5.73 Å². The second-order valence-corrected chi connectivity index (χ2v) is 5.30. The van der Waals surface area contributed by atoms with Crippen molar-refractivity contribution in [1.82, 2.24) is 15.2 Å². The summed E-state index contributed by atoms with van der Waals surface area (Å²) in [5, 5.41) is 8.17. The highest BCUT2D eigenvalue weighted by atomic mass is 32.1. The van der Waals surface area contributed by atoms with Gasteiger partial charge in [-0.3, -0.25) is 0 Å². The largest absolute Gasteiger partial charge is 0.476 e. The minimum absolute atomic E-state index is 0.414. The molecule has 19 heavy (non-hydrogen) atoms. The molecule has 0 saturated heterocycles. The topological polar surface area (TPSA) is 73.9 Å². The van der Waals surface area contributed by atoms with Crippen LogP contribution in [0.2, 0.25) is 0 Å². The van der Waals surface area contributed by atoms with Gasteiger partial charge < -0.3 is 10.5 Å². The molecule has 5 nitrogen and oxygen atoms in total. The van der Waals surface area contributed by atoms with Gasteiger partial charge in [-0.15, -0.1) is 16.4 Å². The molecule has 0 atom stereocenters. The monoisotopic (exact) mass is 278 g/mol. The maximum Gasteiger partial charge on any atom is 0.238 e. The van der Waals surface area contributed by atoms with Crippen LogP contribution in [0.25, 0.3) is 0 Å². The van der Waals surface area contributed by atoms with Gasteiger partial charge in [-0.25, -0.2) is 4.98 Å². The maximum atomic E-state index is 5.76. The Labute approximate surface area is 116 Å². The Balaban J connectivity index is 2.04. The van der Waals surface area contributed by atoms with Crippen LogP contribution in [-0.2, 0) is 13.0 Å². The fraction of sp³-hybridized carbons (Fsp3) is 0.462. The lowest BCUT2D eigenvalue weighted by atomic mass is 10.1. The van der Waals surface area contributed by atoms with Crippen molar-refractivity contribution in [2.75, 3.05) is 6.61 Å². The third kappa shape index (κ3) is 3.08. The van der Waals surface area contributed by atoms with E-state index in [4.69, 9.17) is 10.5 Å². The van der Waals surface area contributed by atoms with Crippen LogP contribution < -0.4 is 10.5 Å². The third-order valence-electron chi connectivity index (χ3n) is 3.16. The van der Waals surface area contributed by atoms with E-state index in [9.17, 15) is 0 Å². The first-order chi connectivity index (χ1) is 9.13. The number of hydrogen-bond acceptors (Lipinski definition) is 6. The Morgan fingerprint density at radius 3 is 2.63 bits per heavy atom. The molecule has 0 amide bonds. The fourth-order valence-electron chi connectivity index (χ4n) is 1.80. The van der Waals surface area contributed by atoms with E-state index in [1.807, 2.05) is 26.3 Å². The number of rotatable bonds is 5. The minimum Gasteiger partial charge on any atom is -0.476 e. The zero-order valence-electron chi connectivity index (χ0n) is 11.4. The summed E-state index contributed by atoms with van der Waals surface area (Å²) in [6.45, 7) is 6.90. The summed E-state index contributed by atoms with van der Waals surface area (Å²) in [4.78, 5) is 5.46. The van der Waals surface area contributed by atoms with Crippen LogP contribution >= 0.6 is 11.3 Å². The lowest BCUT2D eigenvalue weighted by Gasteiger charge is -2.11. The van der Waals surface area contributed by atoms with Crippen LogP contribution in [0.15, 0.2) is 5.51 Å². The molecule has 2 aromatic heterocycles. The fourth-order valence-corrected chi connectivity index (χ4v) is 2.56. The molecule has 6 heteroatoms. The van der Waals surface area contributed by atoms with Crippen molar-refractivity contribution < 1.29 is 4.74 Å². The molecule has 0 radical (unpaired) electrons. The van der Waals surface area contributed by atoms with Crippen LogP contribution in [0, 0.1) is 20.8 Å². The Morgan fingerprint density at radius 1 is 1.21 bits per heavy atom. The number of aromatic nitrogens is 3. The summed E-state index contributed by atoms with van der Waals surface area (Å²) in [5.74, 6) is 0.549. The van der Waals surface area contributed by atoms with E-state index in [-0.39, 0.29) is 0 Å². The molecule has 0 aliphatic rings. The van der Waals surface area contributed by atoms with Crippen LogP contribution in [-0.4, -0.2) is 21.8 Å². The van der Waals surface area contributed by atoms with Gasteiger partial charge in [0.1, 0.15) is 0 Å². The molecule has 0 aliphatic heterocycles. The van der Waals surface area contributed by atoms with E-state index < -0.39 is 0 Å². The van der Waals surface area contributed by atoms with Gasteiger partial charge in [0.05, 0.1) is 23.5 Å². The summed E-state index contributed by atoms with van der Waals surface area (Å²) >= 11 is 1.65. The normalized spacial score (nSPS) is 10.7. The zero-order valence-corrected chi connectivity index (χ0v) is 12.3. The van der Waals surface area contributed by atoms with Gasteiger partial charge in [0.2, 0.25) is 5.88 Å². The Bertz CT molecular complexity index is 568. The predicted octanol–water partition coefficient (Wildman–Crippen LogP) is 1.94. The van der Waals surface area contributed by atoms with E-state index in [0.29, 0.717) is 19.0 Å². The molecule has 0 aromatic carbocycles. The highest BCUT2D eigenvalue weighted by Crippen LogP contribution is 2.20.